The maximum absolute atomic E-state index is 12.5. The molecule has 2 aromatic carbocycles. The zero-order valence-electron chi connectivity index (χ0n) is 15.1. The standard InChI is InChI=1S/C19H18N4O4S/c1-12-4-2-3-5-15(12)19-22-18(27-23-19)8-9-20-28(25,26)14-6-7-16-13(10-14)11-17(24)21-16/h2-7,10,20H,8-9,11H2,1H3,(H,21,24). The van der Waals surface area contributed by atoms with Crippen LogP contribution in [0.2, 0.25) is 0 Å². The van der Waals surface area contributed by atoms with Crippen molar-refractivity contribution in [1.29, 1.82) is 0 Å². The largest absolute Gasteiger partial charge is 0.339 e. The van der Waals surface area contributed by atoms with E-state index >= 15 is 0 Å². The number of aryl methyl sites for hydroxylation is 1. The average molecular weight is 398 g/mol. The minimum absolute atomic E-state index is 0.117. The van der Waals surface area contributed by atoms with Crippen molar-refractivity contribution in [3.05, 3.63) is 59.5 Å². The molecule has 4 rings (SSSR count). The molecule has 2 heterocycles. The number of fused-ring (bicyclic) bond motifs is 1. The summed E-state index contributed by atoms with van der Waals surface area (Å²) in [6.07, 6.45) is 0.450. The molecule has 1 amide bonds. The Morgan fingerprint density at radius 3 is 2.86 bits per heavy atom. The van der Waals surface area contributed by atoms with E-state index in [-0.39, 0.29) is 30.2 Å². The van der Waals surface area contributed by atoms with Gasteiger partial charge in [0.15, 0.2) is 0 Å². The Labute approximate surface area is 162 Å². The van der Waals surface area contributed by atoms with Gasteiger partial charge in [-0.2, -0.15) is 4.98 Å². The molecule has 1 aromatic heterocycles. The number of hydrogen-bond acceptors (Lipinski definition) is 6. The predicted molar refractivity (Wildman–Crippen MR) is 102 cm³/mol. The molecule has 0 fully saturated rings. The lowest BCUT2D eigenvalue weighted by molar-refractivity contribution is -0.115. The van der Waals surface area contributed by atoms with Gasteiger partial charge in [0.25, 0.3) is 0 Å². The number of nitrogens with zero attached hydrogens (tertiary/aromatic N) is 2. The molecule has 0 radical (unpaired) electrons. The molecular formula is C19H18N4O4S. The second-order valence-corrected chi connectivity index (χ2v) is 8.29. The number of anilines is 1. The fourth-order valence-corrected chi connectivity index (χ4v) is 4.12. The summed E-state index contributed by atoms with van der Waals surface area (Å²) in [6, 6.07) is 12.3. The minimum Gasteiger partial charge on any atom is -0.339 e. The maximum Gasteiger partial charge on any atom is 0.240 e. The van der Waals surface area contributed by atoms with Crippen molar-refractivity contribution in [2.45, 2.75) is 24.7 Å². The normalized spacial score (nSPS) is 13.4. The van der Waals surface area contributed by atoms with Crippen LogP contribution in [0.3, 0.4) is 0 Å². The average Bonchev–Trinajstić information content (AvgIpc) is 3.26. The summed E-state index contributed by atoms with van der Waals surface area (Å²) < 4.78 is 32.7. The van der Waals surface area contributed by atoms with Crippen LogP contribution in [0.4, 0.5) is 5.69 Å². The molecule has 0 bridgehead atoms. The predicted octanol–water partition coefficient (Wildman–Crippen LogP) is 2.06. The second kappa shape index (κ2) is 7.17. The molecule has 0 atom stereocenters. The van der Waals surface area contributed by atoms with E-state index in [0.717, 1.165) is 11.1 Å². The van der Waals surface area contributed by atoms with Crippen molar-refractivity contribution in [1.82, 2.24) is 14.9 Å². The Morgan fingerprint density at radius 1 is 1.21 bits per heavy atom. The van der Waals surface area contributed by atoms with Crippen LogP contribution in [0.5, 0.6) is 0 Å². The van der Waals surface area contributed by atoms with Gasteiger partial charge in [-0.25, -0.2) is 13.1 Å². The van der Waals surface area contributed by atoms with Crippen molar-refractivity contribution >= 4 is 21.6 Å². The van der Waals surface area contributed by atoms with Gasteiger partial charge in [0.05, 0.1) is 11.3 Å². The van der Waals surface area contributed by atoms with Crippen LogP contribution in [-0.4, -0.2) is 31.0 Å². The number of carbonyl (C=O) groups is 1. The third-order valence-corrected chi connectivity index (χ3v) is 5.96. The molecule has 0 spiro atoms. The highest BCUT2D eigenvalue weighted by atomic mass is 32.2. The zero-order valence-corrected chi connectivity index (χ0v) is 15.9. The SMILES string of the molecule is Cc1ccccc1-c1noc(CCNS(=O)(=O)c2ccc3c(c2)CC(=O)N3)n1. The molecule has 9 heteroatoms. The lowest BCUT2D eigenvalue weighted by Gasteiger charge is -2.07. The molecule has 3 aromatic rings. The van der Waals surface area contributed by atoms with Gasteiger partial charge in [0.1, 0.15) is 0 Å². The van der Waals surface area contributed by atoms with E-state index in [1.807, 2.05) is 31.2 Å². The molecular weight excluding hydrogens is 380 g/mol. The zero-order chi connectivity index (χ0) is 19.7. The van der Waals surface area contributed by atoms with Gasteiger partial charge in [-0.1, -0.05) is 29.4 Å². The van der Waals surface area contributed by atoms with Gasteiger partial charge >= 0.3 is 0 Å². The van der Waals surface area contributed by atoms with Crippen molar-refractivity contribution < 1.29 is 17.7 Å². The number of benzene rings is 2. The summed E-state index contributed by atoms with van der Waals surface area (Å²) in [5.41, 5.74) is 3.23. The first-order valence-corrected chi connectivity index (χ1v) is 10.2. The number of rotatable bonds is 6. The van der Waals surface area contributed by atoms with E-state index in [4.69, 9.17) is 4.52 Å². The fraction of sp³-hybridized carbons (Fsp3) is 0.211. The van der Waals surface area contributed by atoms with Gasteiger partial charge in [0, 0.05) is 24.2 Å². The molecule has 0 unspecified atom stereocenters. The molecule has 8 nitrogen and oxygen atoms in total. The molecule has 0 saturated heterocycles. The van der Waals surface area contributed by atoms with E-state index in [1.54, 1.807) is 6.07 Å². The monoisotopic (exact) mass is 398 g/mol. The first-order valence-electron chi connectivity index (χ1n) is 8.73. The van der Waals surface area contributed by atoms with E-state index in [1.165, 1.54) is 12.1 Å². The Kier molecular flexibility index (Phi) is 4.70. The van der Waals surface area contributed by atoms with E-state index < -0.39 is 10.0 Å². The lowest BCUT2D eigenvalue weighted by Crippen LogP contribution is -2.26. The van der Waals surface area contributed by atoms with Crippen LogP contribution in [-0.2, 0) is 27.7 Å². The van der Waals surface area contributed by atoms with Gasteiger partial charge in [-0.15, -0.1) is 0 Å². The molecule has 0 saturated carbocycles. The van der Waals surface area contributed by atoms with E-state index in [9.17, 15) is 13.2 Å². The first kappa shape index (κ1) is 18.3. The van der Waals surface area contributed by atoms with Gasteiger partial charge < -0.3 is 9.84 Å². The van der Waals surface area contributed by atoms with Crippen LogP contribution in [0.1, 0.15) is 17.0 Å². The third kappa shape index (κ3) is 3.67. The Balaban J connectivity index is 1.41. The summed E-state index contributed by atoms with van der Waals surface area (Å²) in [5.74, 6) is 0.690. The molecule has 1 aliphatic heterocycles. The number of sulfonamides is 1. The molecule has 0 aliphatic carbocycles. The van der Waals surface area contributed by atoms with Crippen molar-refractivity contribution in [3.63, 3.8) is 0 Å². The second-order valence-electron chi connectivity index (χ2n) is 6.52. The number of nitrogens with one attached hydrogen (secondary N) is 2. The van der Waals surface area contributed by atoms with E-state index in [2.05, 4.69) is 20.2 Å². The lowest BCUT2D eigenvalue weighted by atomic mass is 10.1. The van der Waals surface area contributed by atoms with Crippen molar-refractivity contribution in [2.75, 3.05) is 11.9 Å². The van der Waals surface area contributed by atoms with Crippen LogP contribution < -0.4 is 10.0 Å². The highest BCUT2D eigenvalue weighted by Crippen LogP contribution is 2.25. The number of hydrogen-bond donors (Lipinski definition) is 2. The Bertz CT molecular complexity index is 1150. The topological polar surface area (TPSA) is 114 Å². The summed E-state index contributed by atoms with van der Waals surface area (Å²) in [7, 11) is -3.70. The minimum atomic E-state index is -3.70. The highest BCUT2D eigenvalue weighted by Gasteiger charge is 2.22. The third-order valence-electron chi connectivity index (χ3n) is 4.50. The van der Waals surface area contributed by atoms with Crippen molar-refractivity contribution in [3.8, 4) is 11.4 Å². The van der Waals surface area contributed by atoms with Crippen LogP contribution in [0.15, 0.2) is 51.9 Å². The van der Waals surface area contributed by atoms with E-state index in [0.29, 0.717) is 23.0 Å². The molecule has 1 aliphatic rings. The van der Waals surface area contributed by atoms with Gasteiger partial charge in [-0.3, -0.25) is 4.79 Å². The maximum atomic E-state index is 12.5. The highest BCUT2D eigenvalue weighted by molar-refractivity contribution is 7.89. The van der Waals surface area contributed by atoms with Gasteiger partial charge in [0.2, 0.25) is 27.6 Å². The quantitative estimate of drug-likeness (QED) is 0.657. The summed E-state index contributed by atoms with van der Waals surface area (Å²) in [6.45, 7) is 2.07. The summed E-state index contributed by atoms with van der Waals surface area (Å²) in [4.78, 5) is 15.9. The first-order chi connectivity index (χ1) is 13.4. The molecule has 144 valence electrons. The smallest absolute Gasteiger partial charge is 0.240 e. The fourth-order valence-electron chi connectivity index (χ4n) is 3.04. The summed E-state index contributed by atoms with van der Waals surface area (Å²) in [5, 5.41) is 6.64. The Morgan fingerprint density at radius 2 is 2.04 bits per heavy atom. The Hall–Kier alpha value is -3.04. The molecule has 2 N–H and O–H groups in total. The molecule has 28 heavy (non-hydrogen) atoms. The van der Waals surface area contributed by atoms with Crippen LogP contribution >= 0.6 is 0 Å². The number of aromatic nitrogens is 2. The van der Waals surface area contributed by atoms with Crippen molar-refractivity contribution in [2.24, 2.45) is 0 Å². The summed E-state index contributed by atoms with van der Waals surface area (Å²) >= 11 is 0. The van der Waals surface area contributed by atoms with Crippen LogP contribution in [0, 0.1) is 6.92 Å². The van der Waals surface area contributed by atoms with Gasteiger partial charge in [-0.05, 0) is 36.2 Å². The number of amides is 1. The van der Waals surface area contributed by atoms with Crippen LogP contribution in [0.25, 0.3) is 11.4 Å². The number of carbonyl (C=O) groups excluding carboxylic acids is 1.